The van der Waals surface area contributed by atoms with Crippen LogP contribution in [0, 0.1) is 0 Å². The topological polar surface area (TPSA) is 114 Å². The zero-order valence-electron chi connectivity index (χ0n) is 8.53. The number of hydrogen-bond acceptors (Lipinski definition) is 5. The molecular weight excluding hydrogens is 217 g/mol. The summed E-state index contributed by atoms with van der Waals surface area (Å²) in [5.41, 5.74) is 3.65. The highest BCUT2D eigenvalue weighted by atomic mass is 16.5. The lowest BCUT2D eigenvalue weighted by Gasteiger charge is -2.06. The Bertz CT molecular complexity index is 306. The Balaban J connectivity index is 3.79. The third kappa shape index (κ3) is 6.41. The highest BCUT2D eigenvalue weighted by Gasteiger charge is 2.14. The number of rotatable bonds is 3. The van der Waals surface area contributed by atoms with Gasteiger partial charge in [-0.15, -0.1) is 0 Å². The van der Waals surface area contributed by atoms with Crippen molar-refractivity contribution in [3.8, 4) is 0 Å². The molecule has 0 heterocycles. The summed E-state index contributed by atoms with van der Waals surface area (Å²) in [6.07, 6.45) is 0. The first-order chi connectivity index (χ1) is 7.47. The largest absolute Gasteiger partial charge is 0.459 e. The molecule has 0 rings (SSSR count). The molecule has 0 unspecified atom stereocenters. The zero-order chi connectivity index (χ0) is 12.6. The van der Waals surface area contributed by atoms with Crippen LogP contribution in [0.4, 0.5) is 4.79 Å². The van der Waals surface area contributed by atoms with Crippen molar-refractivity contribution >= 4 is 31.4 Å². The van der Waals surface area contributed by atoms with Crippen molar-refractivity contribution in [2.24, 2.45) is 0 Å². The van der Waals surface area contributed by atoms with Gasteiger partial charge in [0.15, 0.2) is 5.81 Å². The average molecular weight is 227 g/mol. The number of ether oxygens (including phenoxy) is 1. The average Bonchev–Trinajstić information content (AvgIpc) is 2.23. The lowest BCUT2D eigenvalue weighted by Crippen LogP contribution is -2.48. The van der Waals surface area contributed by atoms with Crippen LogP contribution in [0.2, 0.25) is 0 Å². The first-order valence-corrected chi connectivity index (χ1v) is 4.26. The molecule has 0 atom stereocenters. The van der Waals surface area contributed by atoms with Crippen molar-refractivity contribution in [2.75, 3.05) is 13.2 Å². The Kier molecular flexibility index (Phi) is 6.33. The molecule has 0 aromatic heterocycles. The van der Waals surface area contributed by atoms with Gasteiger partial charge in [0.25, 0.3) is 5.91 Å². The number of carbonyl (C=O) groups is 4. The quantitative estimate of drug-likeness (QED) is 0.215. The van der Waals surface area contributed by atoms with E-state index in [0.29, 0.717) is 0 Å². The number of amides is 3. The predicted octanol–water partition coefficient (Wildman–Crippen LogP) is -2.42. The number of esters is 1. The number of carbonyl (C=O) groups excluding carboxylic acids is 4. The Morgan fingerprint density at radius 2 is 1.81 bits per heavy atom. The van der Waals surface area contributed by atoms with Crippen LogP contribution in [0.1, 0.15) is 6.92 Å². The second kappa shape index (κ2) is 7.26. The van der Waals surface area contributed by atoms with Gasteiger partial charge in [0.2, 0.25) is 7.85 Å². The summed E-state index contributed by atoms with van der Waals surface area (Å²) in [6, 6.07) is 0. The van der Waals surface area contributed by atoms with E-state index in [0.717, 1.165) is 0 Å². The van der Waals surface area contributed by atoms with Crippen molar-refractivity contribution in [3.05, 3.63) is 0 Å². The Morgan fingerprint density at radius 1 is 1.19 bits per heavy atom. The molecule has 2 radical (unpaired) electrons. The summed E-state index contributed by atoms with van der Waals surface area (Å²) in [5.74, 6) is -3.86. The van der Waals surface area contributed by atoms with Gasteiger partial charge >= 0.3 is 11.9 Å². The Hall–Kier alpha value is -2.06. The number of nitrogens with one attached hydrogen (secondary N) is 3. The van der Waals surface area contributed by atoms with Crippen molar-refractivity contribution < 1.29 is 23.9 Å². The second-order valence-corrected chi connectivity index (χ2v) is 2.44. The maximum Gasteiger partial charge on any atom is 0.398 e. The molecule has 0 spiro atoms. The van der Waals surface area contributed by atoms with Crippen molar-refractivity contribution in [3.63, 3.8) is 0 Å². The molecule has 0 aromatic rings. The summed E-state index contributed by atoms with van der Waals surface area (Å²) < 4.78 is 4.34. The lowest BCUT2D eigenvalue weighted by molar-refractivity contribution is -0.155. The maximum atomic E-state index is 10.9. The van der Waals surface area contributed by atoms with E-state index in [1.807, 2.05) is 10.7 Å². The van der Waals surface area contributed by atoms with Crippen LogP contribution in [-0.4, -0.2) is 44.6 Å². The SMILES string of the molecule is [B]C(=O)NCC(=O)NNC(=O)C(=O)OCC. The number of hydrazine groups is 1. The fourth-order valence-corrected chi connectivity index (χ4v) is 0.586. The third-order valence-corrected chi connectivity index (χ3v) is 1.20. The van der Waals surface area contributed by atoms with E-state index in [2.05, 4.69) is 4.74 Å². The molecule has 0 bridgehead atoms. The maximum absolute atomic E-state index is 10.9. The first kappa shape index (κ1) is 13.9. The standard InChI is InChI=1S/C7H10BN3O5/c1-2-16-6(14)5(13)11-10-4(12)3-9-7(8)15/h2-3H2,1H3,(H,9,15)(H,10,12)(H,11,13). The summed E-state index contributed by atoms with van der Waals surface area (Å²) in [6.45, 7) is 1.16. The minimum atomic E-state index is -1.12. The summed E-state index contributed by atoms with van der Waals surface area (Å²) >= 11 is 0. The van der Waals surface area contributed by atoms with E-state index >= 15 is 0 Å². The second-order valence-electron chi connectivity index (χ2n) is 2.44. The van der Waals surface area contributed by atoms with Crippen LogP contribution < -0.4 is 16.2 Å². The van der Waals surface area contributed by atoms with Crippen molar-refractivity contribution in [1.29, 1.82) is 0 Å². The van der Waals surface area contributed by atoms with Crippen LogP contribution in [0.3, 0.4) is 0 Å². The fourth-order valence-electron chi connectivity index (χ4n) is 0.586. The van der Waals surface area contributed by atoms with Crippen molar-refractivity contribution in [2.45, 2.75) is 6.92 Å². The molecule has 0 aliphatic rings. The van der Waals surface area contributed by atoms with Crippen LogP contribution in [-0.2, 0) is 19.1 Å². The lowest BCUT2D eigenvalue weighted by atomic mass is 10.1. The van der Waals surface area contributed by atoms with Crippen LogP contribution in [0.25, 0.3) is 0 Å². The molecular formula is C7H10BN3O5. The highest BCUT2D eigenvalue weighted by Crippen LogP contribution is 1.76. The smallest absolute Gasteiger partial charge is 0.398 e. The summed E-state index contributed by atoms with van der Waals surface area (Å²) in [7, 11) is 4.69. The van der Waals surface area contributed by atoms with Gasteiger partial charge in [-0.25, -0.2) is 4.79 Å². The molecule has 8 nitrogen and oxygen atoms in total. The molecule has 9 heteroatoms. The molecule has 0 fully saturated rings. The molecule has 3 N–H and O–H groups in total. The molecule has 0 saturated carbocycles. The van der Waals surface area contributed by atoms with Gasteiger partial charge in [-0.2, -0.15) is 0 Å². The van der Waals surface area contributed by atoms with E-state index in [1.54, 1.807) is 5.43 Å². The minimum Gasteiger partial charge on any atom is -0.459 e. The van der Waals surface area contributed by atoms with Gasteiger partial charge in [-0.05, 0) is 6.92 Å². The normalized spacial score (nSPS) is 8.81. The van der Waals surface area contributed by atoms with Gasteiger partial charge in [-0.1, -0.05) is 0 Å². The Labute approximate surface area is 92.5 Å². The van der Waals surface area contributed by atoms with E-state index in [9.17, 15) is 19.2 Å². The first-order valence-electron chi connectivity index (χ1n) is 4.26. The van der Waals surface area contributed by atoms with Crippen molar-refractivity contribution in [1.82, 2.24) is 16.2 Å². The molecule has 0 saturated heterocycles. The minimum absolute atomic E-state index is 0.0451. The summed E-state index contributed by atoms with van der Waals surface area (Å²) in [4.78, 5) is 42.7. The van der Waals surface area contributed by atoms with Crippen LogP contribution >= 0.6 is 0 Å². The fraction of sp³-hybridized carbons (Fsp3) is 0.429. The van der Waals surface area contributed by atoms with Gasteiger partial charge in [0.05, 0.1) is 13.2 Å². The summed E-state index contributed by atoms with van der Waals surface area (Å²) in [5, 5.41) is 1.98. The molecule has 0 aromatic carbocycles. The molecule has 0 aliphatic heterocycles. The third-order valence-electron chi connectivity index (χ3n) is 1.20. The molecule has 86 valence electrons. The van der Waals surface area contributed by atoms with Crippen LogP contribution in [0.15, 0.2) is 0 Å². The van der Waals surface area contributed by atoms with E-state index in [-0.39, 0.29) is 6.61 Å². The van der Waals surface area contributed by atoms with Gasteiger partial charge in [0.1, 0.15) is 0 Å². The molecule has 3 amide bonds. The highest BCUT2D eigenvalue weighted by molar-refractivity contribution is 6.57. The van der Waals surface area contributed by atoms with Gasteiger partial charge in [0, 0.05) is 0 Å². The van der Waals surface area contributed by atoms with E-state index in [1.165, 1.54) is 6.92 Å². The monoisotopic (exact) mass is 227 g/mol. The van der Waals surface area contributed by atoms with E-state index < -0.39 is 30.1 Å². The van der Waals surface area contributed by atoms with Gasteiger partial charge in [-0.3, -0.25) is 25.2 Å². The van der Waals surface area contributed by atoms with Crippen LogP contribution in [0.5, 0.6) is 0 Å². The Morgan fingerprint density at radius 3 is 2.31 bits per heavy atom. The predicted molar refractivity (Wildman–Crippen MR) is 52.1 cm³/mol. The van der Waals surface area contributed by atoms with Gasteiger partial charge < -0.3 is 10.1 Å². The van der Waals surface area contributed by atoms with E-state index in [4.69, 9.17) is 7.85 Å². The molecule has 0 aliphatic carbocycles. The number of hydrogen-bond donors (Lipinski definition) is 3. The zero-order valence-corrected chi connectivity index (χ0v) is 8.53. The molecule has 16 heavy (non-hydrogen) atoms.